The molecule has 24 heavy (non-hydrogen) atoms. The Morgan fingerprint density at radius 3 is 2.54 bits per heavy atom. The predicted molar refractivity (Wildman–Crippen MR) is 86.6 cm³/mol. The third kappa shape index (κ3) is 3.39. The van der Waals surface area contributed by atoms with Gasteiger partial charge in [0.1, 0.15) is 5.82 Å². The van der Waals surface area contributed by atoms with Crippen LogP contribution in [0.3, 0.4) is 0 Å². The second kappa shape index (κ2) is 6.62. The van der Waals surface area contributed by atoms with Gasteiger partial charge in [0, 0.05) is 5.56 Å². The lowest BCUT2D eigenvalue weighted by atomic mass is 10.1. The van der Waals surface area contributed by atoms with Gasteiger partial charge in [0.2, 0.25) is 5.91 Å². The van der Waals surface area contributed by atoms with E-state index in [1.807, 2.05) is 30.3 Å². The van der Waals surface area contributed by atoms with Gasteiger partial charge in [0.15, 0.2) is 0 Å². The number of H-pyrrole nitrogens is 1. The Kier molecular flexibility index (Phi) is 4.21. The van der Waals surface area contributed by atoms with E-state index in [0.29, 0.717) is 17.0 Å². The molecule has 0 aliphatic heterocycles. The van der Waals surface area contributed by atoms with Crippen LogP contribution in [-0.4, -0.2) is 21.8 Å². The number of para-hydroxylation sites is 2. The average Bonchev–Trinajstić information content (AvgIpc) is 3.02. The molecule has 0 bridgehead atoms. The van der Waals surface area contributed by atoms with E-state index >= 15 is 0 Å². The number of carbonyl (C=O) groups excluding carboxylic acids is 2. The highest BCUT2D eigenvalue weighted by atomic mass is 16.2. The van der Waals surface area contributed by atoms with E-state index in [1.54, 1.807) is 0 Å². The van der Waals surface area contributed by atoms with Crippen LogP contribution < -0.4 is 10.9 Å². The molecule has 0 aliphatic rings. The number of nitrogens with zero attached hydrogens (tertiary/aromatic N) is 2. The van der Waals surface area contributed by atoms with Gasteiger partial charge in [-0.1, -0.05) is 12.1 Å². The molecule has 7 nitrogen and oxygen atoms in total. The molecule has 0 unspecified atom stereocenters. The molecule has 0 saturated carbocycles. The number of aromatic nitrogens is 2. The van der Waals surface area contributed by atoms with Gasteiger partial charge in [-0.25, -0.2) is 4.98 Å². The summed E-state index contributed by atoms with van der Waals surface area (Å²) >= 11 is 0. The zero-order chi connectivity index (χ0) is 16.9. The van der Waals surface area contributed by atoms with Crippen molar-refractivity contribution in [2.45, 2.75) is 6.42 Å². The summed E-state index contributed by atoms with van der Waals surface area (Å²) in [6.45, 7) is 0. The van der Waals surface area contributed by atoms with Gasteiger partial charge in [-0.2, -0.15) is 5.26 Å². The molecule has 0 atom stereocenters. The summed E-state index contributed by atoms with van der Waals surface area (Å²) in [7, 11) is 0. The molecule has 0 saturated heterocycles. The number of hydrazine groups is 1. The highest BCUT2D eigenvalue weighted by Crippen LogP contribution is 2.10. The third-order valence-electron chi connectivity index (χ3n) is 3.36. The summed E-state index contributed by atoms with van der Waals surface area (Å²) in [5, 5.41) is 8.72. The molecule has 2 amide bonds. The summed E-state index contributed by atoms with van der Waals surface area (Å²) < 4.78 is 0. The Hall–Kier alpha value is -3.66. The normalized spacial score (nSPS) is 10.1. The van der Waals surface area contributed by atoms with E-state index in [2.05, 4.69) is 20.8 Å². The molecule has 3 rings (SSSR count). The monoisotopic (exact) mass is 319 g/mol. The average molecular weight is 319 g/mol. The topological polar surface area (TPSA) is 111 Å². The number of nitriles is 1. The molecule has 3 aromatic rings. The van der Waals surface area contributed by atoms with Crippen LogP contribution in [-0.2, 0) is 11.2 Å². The number of amides is 2. The Balaban J connectivity index is 1.56. The standard InChI is InChI=1S/C17H13N5O2/c18-10-11-5-7-12(8-6-11)17(24)22-21-16(23)9-15-19-13-3-1-2-4-14(13)20-15/h1-8H,9H2,(H,19,20)(H,21,23)(H,22,24). The van der Waals surface area contributed by atoms with Crippen LogP contribution in [0.4, 0.5) is 0 Å². The highest BCUT2D eigenvalue weighted by Gasteiger charge is 2.10. The molecule has 3 N–H and O–H groups in total. The van der Waals surface area contributed by atoms with Gasteiger partial charge in [-0.15, -0.1) is 0 Å². The minimum Gasteiger partial charge on any atom is -0.342 e. The summed E-state index contributed by atoms with van der Waals surface area (Å²) in [5.41, 5.74) is 7.10. The fourth-order valence-corrected chi connectivity index (χ4v) is 2.18. The zero-order valence-electron chi connectivity index (χ0n) is 12.5. The molecular weight excluding hydrogens is 306 g/mol. The van der Waals surface area contributed by atoms with Crippen molar-refractivity contribution in [3.8, 4) is 6.07 Å². The molecule has 118 valence electrons. The number of fused-ring (bicyclic) bond motifs is 1. The maximum Gasteiger partial charge on any atom is 0.269 e. The van der Waals surface area contributed by atoms with E-state index in [-0.39, 0.29) is 6.42 Å². The van der Waals surface area contributed by atoms with Crippen molar-refractivity contribution in [2.24, 2.45) is 0 Å². The fraction of sp³-hybridized carbons (Fsp3) is 0.0588. The van der Waals surface area contributed by atoms with Gasteiger partial charge in [0.25, 0.3) is 5.91 Å². The number of hydrogen-bond donors (Lipinski definition) is 3. The van der Waals surface area contributed by atoms with Crippen molar-refractivity contribution in [2.75, 3.05) is 0 Å². The number of carbonyl (C=O) groups is 2. The molecule has 1 heterocycles. The number of nitrogens with one attached hydrogen (secondary N) is 3. The molecule has 1 aromatic heterocycles. The second-order valence-electron chi connectivity index (χ2n) is 5.07. The Morgan fingerprint density at radius 1 is 1.08 bits per heavy atom. The lowest BCUT2D eigenvalue weighted by molar-refractivity contribution is -0.121. The van der Waals surface area contributed by atoms with Gasteiger partial charge in [0.05, 0.1) is 29.1 Å². The molecule has 0 radical (unpaired) electrons. The Morgan fingerprint density at radius 2 is 1.83 bits per heavy atom. The molecule has 7 heteroatoms. The van der Waals surface area contributed by atoms with E-state index < -0.39 is 11.8 Å². The van der Waals surface area contributed by atoms with Crippen molar-refractivity contribution in [3.63, 3.8) is 0 Å². The number of imidazole rings is 1. The summed E-state index contributed by atoms with van der Waals surface area (Å²) in [6.07, 6.45) is 0.0162. The first-order chi connectivity index (χ1) is 11.7. The smallest absolute Gasteiger partial charge is 0.269 e. The first-order valence-electron chi connectivity index (χ1n) is 7.18. The van der Waals surface area contributed by atoms with Crippen LogP contribution in [0.2, 0.25) is 0 Å². The summed E-state index contributed by atoms with van der Waals surface area (Å²) in [6, 6.07) is 15.5. The van der Waals surface area contributed by atoms with E-state index in [1.165, 1.54) is 24.3 Å². The van der Waals surface area contributed by atoms with Crippen LogP contribution >= 0.6 is 0 Å². The lowest BCUT2D eigenvalue weighted by Gasteiger charge is -2.06. The van der Waals surface area contributed by atoms with Crippen LogP contribution in [0.25, 0.3) is 11.0 Å². The van der Waals surface area contributed by atoms with Crippen LogP contribution in [0.15, 0.2) is 48.5 Å². The number of rotatable bonds is 3. The van der Waals surface area contributed by atoms with E-state index in [9.17, 15) is 9.59 Å². The van der Waals surface area contributed by atoms with Crippen molar-refractivity contribution in [3.05, 3.63) is 65.5 Å². The quantitative estimate of drug-likeness (QED) is 0.634. The van der Waals surface area contributed by atoms with Crippen molar-refractivity contribution >= 4 is 22.8 Å². The Bertz CT molecular complexity index is 905. The van der Waals surface area contributed by atoms with Crippen molar-refractivity contribution in [1.82, 2.24) is 20.8 Å². The number of hydrogen-bond acceptors (Lipinski definition) is 4. The Labute approximate surface area is 137 Å². The summed E-state index contributed by atoms with van der Waals surface area (Å²) in [4.78, 5) is 31.1. The van der Waals surface area contributed by atoms with E-state index in [0.717, 1.165) is 11.0 Å². The van der Waals surface area contributed by atoms with E-state index in [4.69, 9.17) is 5.26 Å². The molecule has 0 fully saturated rings. The first kappa shape index (κ1) is 15.2. The first-order valence-corrected chi connectivity index (χ1v) is 7.18. The maximum atomic E-state index is 11.9. The molecule has 0 spiro atoms. The van der Waals surface area contributed by atoms with Gasteiger partial charge in [-0.3, -0.25) is 20.4 Å². The molecule has 0 aliphatic carbocycles. The minimum absolute atomic E-state index is 0.0162. The van der Waals surface area contributed by atoms with Gasteiger partial charge in [-0.05, 0) is 36.4 Å². The molecular formula is C17H13N5O2. The van der Waals surface area contributed by atoms with Crippen molar-refractivity contribution < 1.29 is 9.59 Å². The van der Waals surface area contributed by atoms with Gasteiger partial charge >= 0.3 is 0 Å². The molecule has 2 aromatic carbocycles. The SMILES string of the molecule is N#Cc1ccc(C(=O)NNC(=O)Cc2nc3ccccc3[nH]2)cc1. The van der Waals surface area contributed by atoms with Crippen LogP contribution in [0.1, 0.15) is 21.7 Å². The number of benzene rings is 2. The van der Waals surface area contributed by atoms with Crippen LogP contribution in [0.5, 0.6) is 0 Å². The highest BCUT2D eigenvalue weighted by molar-refractivity contribution is 5.95. The predicted octanol–water partition coefficient (Wildman–Crippen LogP) is 1.44. The van der Waals surface area contributed by atoms with Gasteiger partial charge < -0.3 is 4.98 Å². The largest absolute Gasteiger partial charge is 0.342 e. The zero-order valence-corrected chi connectivity index (χ0v) is 12.5. The third-order valence-corrected chi connectivity index (χ3v) is 3.36. The maximum absolute atomic E-state index is 11.9. The van der Waals surface area contributed by atoms with Crippen molar-refractivity contribution in [1.29, 1.82) is 5.26 Å². The number of aromatic amines is 1. The van der Waals surface area contributed by atoms with Crippen LogP contribution in [0, 0.1) is 11.3 Å². The fourth-order valence-electron chi connectivity index (χ4n) is 2.18. The summed E-state index contributed by atoms with van der Waals surface area (Å²) in [5.74, 6) is -0.338. The minimum atomic E-state index is -0.461. The second-order valence-corrected chi connectivity index (χ2v) is 5.07. The lowest BCUT2D eigenvalue weighted by Crippen LogP contribution is -2.42.